The second kappa shape index (κ2) is 6.75. The summed E-state index contributed by atoms with van der Waals surface area (Å²) in [6.45, 7) is 9.06. The van der Waals surface area contributed by atoms with E-state index < -0.39 is 0 Å². The molecule has 0 unspecified atom stereocenters. The number of nitrogens with one attached hydrogen (secondary N) is 1. The monoisotopic (exact) mass is 313 g/mol. The lowest BCUT2D eigenvalue weighted by Crippen LogP contribution is -2.45. The van der Waals surface area contributed by atoms with Gasteiger partial charge >= 0.3 is 6.03 Å². The lowest BCUT2D eigenvalue weighted by atomic mass is 9.89. The van der Waals surface area contributed by atoms with E-state index in [0.717, 1.165) is 30.1 Å². The van der Waals surface area contributed by atoms with Crippen LogP contribution in [0.25, 0.3) is 0 Å². The summed E-state index contributed by atoms with van der Waals surface area (Å²) < 4.78 is 0. The van der Waals surface area contributed by atoms with Crippen LogP contribution in [0.5, 0.6) is 0 Å². The van der Waals surface area contributed by atoms with Crippen molar-refractivity contribution in [2.45, 2.75) is 32.6 Å². The number of benzene rings is 1. The zero-order valence-corrected chi connectivity index (χ0v) is 14.3. The molecule has 2 saturated heterocycles. The SMILES string of the molecule is C=C1CCN(c2ccc(CC3CCN(C)CC3)cc2C)C(=O)N1. The van der Waals surface area contributed by atoms with Crippen LogP contribution in [0.2, 0.25) is 0 Å². The summed E-state index contributed by atoms with van der Waals surface area (Å²) in [4.78, 5) is 16.4. The van der Waals surface area contributed by atoms with Gasteiger partial charge in [-0.05, 0) is 69.4 Å². The first kappa shape index (κ1) is 16.1. The third-order valence-electron chi connectivity index (χ3n) is 5.08. The third-order valence-corrected chi connectivity index (χ3v) is 5.08. The summed E-state index contributed by atoms with van der Waals surface area (Å²) in [6, 6.07) is 6.49. The van der Waals surface area contributed by atoms with Crippen molar-refractivity contribution in [3.8, 4) is 0 Å². The number of anilines is 1. The number of hydrogen-bond donors (Lipinski definition) is 1. The van der Waals surface area contributed by atoms with Crippen LogP contribution < -0.4 is 10.2 Å². The number of carbonyl (C=O) groups excluding carboxylic acids is 1. The van der Waals surface area contributed by atoms with Crippen molar-refractivity contribution >= 4 is 11.7 Å². The molecule has 0 aromatic heterocycles. The van der Waals surface area contributed by atoms with Gasteiger partial charge < -0.3 is 10.2 Å². The Morgan fingerprint density at radius 2 is 2.00 bits per heavy atom. The van der Waals surface area contributed by atoms with Crippen molar-refractivity contribution in [1.29, 1.82) is 0 Å². The van der Waals surface area contributed by atoms with Gasteiger partial charge in [0.2, 0.25) is 0 Å². The van der Waals surface area contributed by atoms with Gasteiger partial charge in [0, 0.05) is 24.4 Å². The predicted molar refractivity (Wildman–Crippen MR) is 94.7 cm³/mol. The van der Waals surface area contributed by atoms with Crippen molar-refractivity contribution in [1.82, 2.24) is 10.2 Å². The molecule has 0 saturated carbocycles. The van der Waals surface area contributed by atoms with Crippen molar-refractivity contribution in [3.63, 3.8) is 0 Å². The summed E-state index contributed by atoms with van der Waals surface area (Å²) in [7, 11) is 2.20. The molecule has 2 fully saturated rings. The van der Waals surface area contributed by atoms with Crippen LogP contribution >= 0.6 is 0 Å². The zero-order chi connectivity index (χ0) is 16.4. The average molecular weight is 313 g/mol. The maximum atomic E-state index is 12.1. The number of rotatable bonds is 3. The number of likely N-dealkylation sites (tertiary alicyclic amines) is 1. The molecule has 2 amide bonds. The number of amides is 2. The molecule has 0 spiro atoms. The van der Waals surface area contributed by atoms with Gasteiger partial charge in [0.1, 0.15) is 0 Å². The van der Waals surface area contributed by atoms with E-state index in [9.17, 15) is 4.79 Å². The molecule has 2 heterocycles. The Hall–Kier alpha value is -1.81. The van der Waals surface area contributed by atoms with Crippen LogP contribution in [0.3, 0.4) is 0 Å². The highest BCUT2D eigenvalue weighted by Crippen LogP contribution is 2.27. The summed E-state index contributed by atoms with van der Waals surface area (Å²) in [5, 5.41) is 2.83. The van der Waals surface area contributed by atoms with Crippen LogP contribution in [0.4, 0.5) is 10.5 Å². The number of carbonyl (C=O) groups is 1. The minimum Gasteiger partial charge on any atom is -0.312 e. The Labute approximate surface area is 139 Å². The second-order valence-corrected chi connectivity index (χ2v) is 7.01. The van der Waals surface area contributed by atoms with Gasteiger partial charge in [0.05, 0.1) is 0 Å². The Bertz CT molecular complexity index is 603. The first-order valence-electron chi connectivity index (χ1n) is 8.57. The van der Waals surface area contributed by atoms with E-state index in [1.807, 2.05) is 4.90 Å². The molecule has 2 aliphatic heterocycles. The van der Waals surface area contributed by atoms with E-state index in [0.29, 0.717) is 6.54 Å². The molecule has 0 radical (unpaired) electrons. The largest absolute Gasteiger partial charge is 0.326 e. The van der Waals surface area contributed by atoms with Crippen molar-refractivity contribution in [3.05, 3.63) is 41.6 Å². The highest BCUT2D eigenvalue weighted by Gasteiger charge is 2.23. The molecule has 4 heteroatoms. The lowest BCUT2D eigenvalue weighted by Gasteiger charge is -2.31. The quantitative estimate of drug-likeness (QED) is 0.929. The van der Waals surface area contributed by atoms with Crippen molar-refractivity contribution < 1.29 is 4.79 Å². The Morgan fingerprint density at radius 1 is 1.26 bits per heavy atom. The number of hydrogen-bond acceptors (Lipinski definition) is 2. The Kier molecular flexibility index (Phi) is 4.71. The molecule has 0 atom stereocenters. The van der Waals surface area contributed by atoms with E-state index in [1.165, 1.54) is 37.1 Å². The van der Waals surface area contributed by atoms with Crippen molar-refractivity contribution in [2.75, 3.05) is 31.6 Å². The molecular formula is C19H27N3O. The number of piperidine rings is 1. The summed E-state index contributed by atoms with van der Waals surface area (Å²) in [6.07, 6.45) is 4.53. The summed E-state index contributed by atoms with van der Waals surface area (Å²) in [5.74, 6) is 0.790. The van der Waals surface area contributed by atoms with Gasteiger partial charge in [0.25, 0.3) is 0 Å². The second-order valence-electron chi connectivity index (χ2n) is 7.01. The molecule has 2 aliphatic rings. The molecule has 124 valence electrons. The van der Waals surface area contributed by atoms with Gasteiger partial charge in [0.15, 0.2) is 0 Å². The van der Waals surface area contributed by atoms with Gasteiger partial charge in [-0.3, -0.25) is 4.90 Å². The molecule has 4 nitrogen and oxygen atoms in total. The lowest BCUT2D eigenvalue weighted by molar-refractivity contribution is 0.219. The van der Waals surface area contributed by atoms with Crippen molar-refractivity contribution in [2.24, 2.45) is 5.92 Å². The summed E-state index contributed by atoms with van der Waals surface area (Å²) >= 11 is 0. The van der Waals surface area contributed by atoms with E-state index in [-0.39, 0.29) is 6.03 Å². The molecule has 1 aromatic rings. The standard InChI is InChI=1S/C19H27N3O/c1-14-12-17(13-16-7-9-21(3)10-8-16)4-5-18(14)22-11-6-15(2)20-19(22)23/h4-5,12,16H,2,6-11,13H2,1,3H3,(H,20,23). The molecular weight excluding hydrogens is 286 g/mol. The van der Waals surface area contributed by atoms with Crippen LogP contribution in [0.15, 0.2) is 30.5 Å². The predicted octanol–water partition coefficient (Wildman–Crippen LogP) is 3.31. The minimum atomic E-state index is -0.0626. The number of urea groups is 1. The van der Waals surface area contributed by atoms with Crippen LogP contribution in [0.1, 0.15) is 30.4 Å². The minimum absolute atomic E-state index is 0.0626. The fourth-order valence-corrected chi connectivity index (χ4v) is 3.61. The first-order chi connectivity index (χ1) is 11.0. The fraction of sp³-hybridized carbons (Fsp3) is 0.526. The average Bonchev–Trinajstić information content (AvgIpc) is 2.51. The van der Waals surface area contributed by atoms with Gasteiger partial charge in [-0.25, -0.2) is 4.79 Å². The smallest absolute Gasteiger partial charge is 0.312 e. The van der Waals surface area contributed by atoms with E-state index in [2.05, 4.69) is 49.0 Å². The van der Waals surface area contributed by atoms with Gasteiger partial charge in [-0.15, -0.1) is 0 Å². The highest BCUT2D eigenvalue weighted by atomic mass is 16.2. The number of aryl methyl sites for hydroxylation is 1. The number of nitrogens with zero attached hydrogens (tertiary/aromatic N) is 2. The topological polar surface area (TPSA) is 35.6 Å². The molecule has 0 aliphatic carbocycles. The molecule has 3 rings (SSSR count). The first-order valence-corrected chi connectivity index (χ1v) is 8.57. The molecule has 1 aromatic carbocycles. The Morgan fingerprint density at radius 3 is 2.65 bits per heavy atom. The van der Waals surface area contributed by atoms with Crippen LogP contribution in [0, 0.1) is 12.8 Å². The Balaban J connectivity index is 1.68. The summed E-state index contributed by atoms with van der Waals surface area (Å²) in [5.41, 5.74) is 4.39. The van der Waals surface area contributed by atoms with E-state index in [4.69, 9.17) is 0 Å². The molecule has 23 heavy (non-hydrogen) atoms. The maximum absolute atomic E-state index is 12.1. The van der Waals surface area contributed by atoms with Crippen LogP contribution in [-0.4, -0.2) is 37.6 Å². The third kappa shape index (κ3) is 3.75. The maximum Gasteiger partial charge on any atom is 0.326 e. The van der Waals surface area contributed by atoms with Gasteiger partial charge in [-0.1, -0.05) is 18.7 Å². The molecule has 1 N–H and O–H groups in total. The fourth-order valence-electron chi connectivity index (χ4n) is 3.61. The van der Waals surface area contributed by atoms with E-state index >= 15 is 0 Å². The van der Waals surface area contributed by atoms with E-state index in [1.54, 1.807) is 0 Å². The zero-order valence-electron chi connectivity index (χ0n) is 14.3. The highest BCUT2D eigenvalue weighted by molar-refractivity contribution is 5.94. The normalized spacial score (nSPS) is 20.7. The van der Waals surface area contributed by atoms with Gasteiger partial charge in [-0.2, -0.15) is 0 Å². The molecule has 0 bridgehead atoms. The van der Waals surface area contributed by atoms with Crippen LogP contribution in [-0.2, 0) is 6.42 Å².